The van der Waals surface area contributed by atoms with Gasteiger partial charge in [0.15, 0.2) is 10.9 Å². The maximum absolute atomic E-state index is 12.7. The minimum absolute atomic E-state index is 0.0230. The maximum atomic E-state index is 12.7. The Morgan fingerprint density at radius 1 is 1.12 bits per heavy atom. The molecular weight excluding hydrogens is 350 g/mol. The Hall–Kier alpha value is -2.80. The van der Waals surface area contributed by atoms with Gasteiger partial charge in [0.25, 0.3) is 0 Å². The van der Waals surface area contributed by atoms with E-state index in [0.717, 1.165) is 11.3 Å². The van der Waals surface area contributed by atoms with E-state index in [2.05, 4.69) is 10.2 Å². The fourth-order valence-corrected chi connectivity index (χ4v) is 3.37. The number of rotatable bonds is 7. The van der Waals surface area contributed by atoms with E-state index in [1.165, 1.54) is 11.8 Å². The molecule has 0 amide bonds. The number of aryl methyl sites for hydroxylation is 1. The van der Waals surface area contributed by atoms with Gasteiger partial charge in [-0.2, -0.15) is 0 Å². The molecule has 0 aliphatic rings. The van der Waals surface area contributed by atoms with Gasteiger partial charge in [0, 0.05) is 0 Å². The molecule has 6 nitrogen and oxygen atoms in total. The number of nitrogens with zero attached hydrogens (tertiary/aromatic N) is 3. The van der Waals surface area contributed by atoms with Crippen LogP contribution in [0.2, 0.25) is 0 Å². The van der Waals surface area contributed by atoms with Gasteiger partial charge < -0.3 is 9.47 Å². The zero-order chi connectivity index (χ0) is 18.5. The smallest absolute Gasteiger partial charge is 0.196 e. The van der Waals surface area contributed by atoms with Crippen molar-refractivity contribution in [3.8, 4) is 17.2 Å². The number of para-hydroxylation sites is 2. The first kappa shape index (κ1) is 18.0. The van der Waals surface area contributed by atoms with Crippen molar-refractivity contribution in [2.75, 3.05) is 20.0 Å². The van der Waals surface area contributed by atoms with E-state index in [4.69, 9.17) is 9.47 Å². The summed E-state index contributed by atoms with van der Waals surface area (Å²) < 4.78 is 12.5. The van der Waals surface area contributed by atoms with E-state index in [1.54, 1.807) is 20.5 Å². The maximum Gasteiger partial charge on any atom is 0.196 e. The summed E-state index contributed by atoms with van der Waals surface area (Å²) in [6.07, 6.45) is 1.61. The lowest BCUT2D eigenvalue weighted by molar-refractivity contribution is 0.101. The highest BCUT2D eigenvalue weighted by molar-refractivity contribution is 7.99. The van der Waals surface area contributed by atoms with Gasteiger partial charge >= 0.3 is 0 Å². The van der Waals surface area contributed by atoms with E-state index in [0.29, 0.717) is 22.2 Å². The highest BCUT2D eigenvalue weighted by Crippen LogP contribution is 2.28. The quantitative estimate of drug-likeness (QED) is 0.469. The van der Waals surface area contributed by atoms with Gasteiger partial charge in [0.1, 0.15) is 17.8 Å². The molecule has 1 heterocycles. The van der Waals surface area contributed by atoms with Crippen molar-refractivity contribution in [2.24, 2.45) is 0 Å². The van der Waals surface area contributed by atoms with Crippen LogP contribution in [0, 0.1) is 6.92 Å². The van der Waals surface area contributed by atoms with Gasteiger partial charge in [-0.3, -0.25) is 9.36 Å². The molecule has 7 heteroatoms. The molecule has 0 spiro atoms. The number of Topliss-reactive ketones (excluding diaryl/α,β-unsaturated/α-hetero) is 1. The molecule has 0 aliphatic carbocycles. The average molecular weight is 369 g/mol. The van der Waals surface area contributed by atoms with Crippen LogP contribution in [0.3, 0.4) is 0 Å². The number of aromatic nitrogens is 3. The first-order valence-electron chi connectivity index (χ1n) is 7.98. The number of carbonyl (C=O) groups is 1. The SMILES string of the molecule is COc1ccc(C)cc1C(=O)CSc1nncn1-c1ccccc1OC. The number of thioether (sulfide) groups is 1. The fourth-order valence-electron chi connectivity index (χ4n) is 2.56. The van der Waals surface area contributed by atoms with Crippen molar-refractivity contribution >= 4 is 17.5 Å². The van der Waals surface area contributed by atoms with E-state index in [-0.39, 0.29) is 11.5 Å². The molecule has 0 aliphatic heterocycles. The van der Waals surface area contributed by atoms with Crippen molar-refractivity contribution in [3.05, 3.63) is 59.9 Å². The third kappa shape index (κ3) is 3.72. The Morgan fingerprint density at radius 3 is 2.65 bits per heavy atom. The van der Waals surface area contributed by atoms with E-state index < -0.39 is 0 Å². The second-order valence-corrected chi connectivity index (χ2v) is 6.51. The third-order valence-corrected chi connectivity index (χ3v) is 4.79. The summed E-state index contributed by atoms with van der Waals surface area (Å²) in [4.78, 5) is 12.7. The zero-order valence-electron chi connectivity index (χ0n) is 14.8. The number of benzene rings is 2. The van der Waals surface area contributed by atoms with Crippen molar-refractivity contribution in [3.63, 3.8) is 0 Å². The van der Waals surface area contributed by atoms with E-state index in [9.17, 15) is 4.79 Å². The molecular formula is C19H19N3O3S. The van der Waals surface area contributed by atoms with Crippen molar-refractivity contribution in [1.82, 2.24) is 14.8 Å². The van der Waals surface area contributed by atoms with E-state index in [1.807, 2.05) is 54.0 Å². The zero-order valence-corrected chi connectivity index (χ0v) is 15.6. The molecule has 0 bridgehead atoms. The van der Waals surface area contributed by atoms with Gasteiger partial charge in [-0.1, -0.05) is 35.5 Å². The highest BCUT2D eigenvalue weighted by atomic mass is 32.2. The fraction of sp³-hybridized carbons (Fsp3) is 0.211. The minimum Gasteiger partial charge on any atom is -0.496 e. The van der Waals surface area contributed by atoms with Crippen molar-refractivity contribution < 1.29 is 14.3 Å². The molecule has 0 saturated carbocycles. The van der Waals surface area contributed by atoms with Gasteiger partial charge in [-0.25, -0.2) is 0 Å². The Morgan fingerprint density at radius 2 is 1.88 bits per heavy atom. The van der Waals surface area contributed by atoms with Gasteiger partial charge in [0.2, 0.25) is 0 Å². The first-order chi connectivity index (χ1) is 12.6. The van der Waals surface area contributed by atoms with Gasteiger partial charge in [-0.15, -0.1) is 10.2 Å². The Kier molecular flexibility index (Phi) is 5.58. The summed E-state index contributed by atoms with van der Waals surface area (Å²) in [5, 5.41) is 8.72. The molecule has 0 saturated heterocycles. The monoisotopic (exact) mass is 369 g/mol. The molecule has 0 atom stereocenters. The van der Waals surface area contributed by atoms with Gasteiger partial charge in [-0.05, 0) is 31.2 Å². The summed E-state index contributed by atoms with van der Waals surface area (Å²) in [5.74, 6) is 1.49. The van der Waals surface area contributed by atoms with E-state index >= 15 is 0 Å². The molecule has 2 aromatic carbocycles. The molecule has 0 fully saturated rings. The average Bonchev–Trinajstić information content (AvgIpc) is 3.14. The van der Waals surface area contributed by atoms with Crippen LogP contribution in [0.1, 0.15) is 15.9 Å². The largest absolute Gasteiger partial charge is 0.496 e. The van der Waals surface area contributed by atoms with Crippen LogP contribution in [-0.4, -0.2) is 40.5 Å². The Bertz CT molecular complexity index is 924. The highest BCUT2D eigenvalue weighted by Gasteiger charge is 2.16. The Labute approximate surface area is 156 Å². The van der Waals surface area contributed by atoms with Crippen LogP contribution in [-0.2, 0) is 0 Å². The lowest BCUT2D eigenvalue weighted by Crippen LogP contribution is -2.07. The summed E-state index contributed by atoms with van der Waals surface area (Å²) in [6.45, 7) is 1.95. The van der Waals surface area contributed by atoms with Crippen LogP contribution in [0.25, 0.3) is 5.69 Å². The third-order valence-electron chi connectivity index (χ3n) is 3.85. The molecule has 3 aromatic rings. The number of hydrogen-bond donors (Lipinski definition) is 0. The summed E-state index contributed by atoms with van der Waals surface area (Å²) in [7, 11) is 3.18. The summed E-state index contributed by atoms with van der Waals surface area (Å²) in [6, 6.07) is 13.2. The van der Waals surface area contributed by atoms with Crippen LogP contribution in [0.15, 0.2) is 53.9 Å². The molecule has 0 radical (unpaired) electrons. The van der Waals surface area contributed by atoms with Gasteiger partial charge in [0.05, 0.1) is 31.2 Å². The molecule has 134 valence electrons. The lowest BCUT2D eigenvalue weighted by atomic mass is 10.1. The van der Waals surface area contributed by atoms with Crippen molar-refractivity contribution in [2.45, 2.75) is 12.1 Å². The number of hydrogen-bond acceptors (Lipinski definition) is 6. The Balaban J connectivity index is 1.81. The number of carbonyl (C=O) groups excluding carboxylic acids is 1. The number of ketones is 1. The van der Waals surface area contributed by atoms with Crippen molar-refractivity contribution in [1.29, 1.82) is 0 Å². The standard InChI is InChI=1S/C19H19N3O3S/c1-13-8-9-17(24-2)14(10-13)16(23)11-26-19-21-20-12-22(19)15-6-4-5-7-18(15)25-3/h4-10,12H,11H2,1-3H3. The second-order valence-electron chi connectivity index (χ2n) is 5.57. The molecule has 0 N–H and O–H groups in total. The normalized spacial score (nSPS) is 10.6. The number of methoxy groups -OCH3 is 2. The lowest BCUT2D eigenvalue weighted by Gasteiger charge is -2.11. The second kappa shape index (κ2) is 8.05. The molecule has 0 unspecified atom stereocenters. The number of ether oxygens (including phenoxy) is 2. The molecule has 26 heavy (non-hydrogen) atoms. The predicted octanol–water partition coefficient (Wildman–Crippen LogP) is 3.57. The molecule has 3 rings (SSSR count). The summed E-state index contributed by atoms with van der Waals surface area (Å²) >= 11 is 1.32. The molecule has 1 aromatic heterocycles. The van der Waals surface area contributed by atoms with Crippen LogP contribution in [0.4, 0.5) is 0 Å². The minimum atomic E-state index is -0.0230. The predicted molar refractivity (Wildman–Crippen MR) is 101 cm³/mol. The first-order valence-corrected chi connectivity index (χ1v) is 8.96. The van der Waals surface area contributed by atoms with Crippen LogP contribution in [0.5, 0.6) is 11.5 Å². The van der Waals surface area contributed by atoms with Crippen LogP contribution < -0.4 is 9.47 Å². The topological polar surface area (TPSA) is 66.2 Å². The summed E-state index contributed by atoms with van der Waals surface area (Å²) in [5.41, 5.74) is 2.41. The van der Waals surface area contributed by atoms with Crippen LogP contribution >= 0.6 is 11.8 Å².